The minimum atomic E-state index is -1.14. The molecule has 3 aromatic carbocycles. The fourth-order valence-corrected chi connectivity index (χ4v) is 4.11. The largest absolute Gasteiger partial charge is 0.480 e. The zero-order valence-corrected chi connectivity index (χ0v) is 21.1. The molecule has 39 heavy (non-hydrogen) atoms. The van der Waals surface area contributed by atoms with Gasteiger partial charge in [0.2, 0.25) is 11.8 Å². The number of hydrogen-bond acceptors (Lipinski definition) is 6. The highest BCUT2D eigenvalue weighted by Crippen LogP contribution is 2.31. The fraction of sp³-hybridized carbons (Fsp3) is 0.138. The molecule has 0 aliphatic rings. The van der Waals surface area contributed by atoms with E-state index in [4.69, 9.17) is 9.84 Å². The first-order valence-electron chi connectivity index (χ1n) is 11.8. The first-order valence-corrected chi connectivity index (χ1v) is 11.8. The van der Waals surface area contributed by atoms with Gasteiger partial charge in [-0.15, -0.1) is 5.10 Å². The average Bonchev–Trinajstić information content (AvgIpc) is 2.92. The molecule has 1 heterocycles. The number of amides is 1. The molecule has 4 aromatic rings. The van der Waals surface area contributed by atoms with E-state index in [1.54, 1.807) is 24.3 Å². The third kappa shape index (κ3) is 6.07. The molecule has 4 rings (SSSR count). The molecular formula is C29H24FN3O6. The number of carbonyl (C=O) groups excluding carboxylic acids is 2. The molecule has 1 aromatic heterocycles. The number of hydrogen-bond donors (Lipinski definition) is 2. The minimum absolute atomic E-state index is 0.0503. The molecule has 0 radical (unpaired) electrons. The maximum atomic E-state index is 14.1. The SMILES string of the molecule is COc1nn(C(Cc2ccccc2)C(=O)Nc2ccc(C(=O)O)cc2)c(=O)cc1-c1cc(F)ccc1C(C)=O. The summed E-state index contributed by atoms with van der Waals surface area (Å²) in [7, 11) is 1.31. The highest BCUT2D eigenvalue weighted by molar-refractivity contribution is 6.01. The van der Waals surface area contributed by atoms with Crippen LogP contribution >= 0.6 is 0 Å². The maximum absolute atomic E-state index is 14.1. The fourth-order valence-electron chi connectivity index (χ4n) is 4.11. The summed E-state index contributed by atoms with van der Waals surface area (Å²) in [6.07, 6.45) is 0.0912. The molecule has 1 atom stereocenters. The number of anilines is 1. The average molecular weight is 530 g/mol. The molecule has 1 unspecified atom stereocenters. The van der Waals surface area contributed by atoms with E-state index in [0.29, 0.717) is 5.69 Å². The van der Waals surface area contributed by atoms with Crippen LogP contribution in [-0.4, -0.2) is 39.7 Å². The van der Waals surface area contributed by atoms with Gasteiger partial charge in [-0.25, -0.2) is 13.9 Å². The Hall–Kier alpha value is -5.12. The number of Topliss-reactive ketones (excluding diaryl/α,β-unsaturated/α-hetero) is 1. The summed E-state index contributed by atoms with van der Waals surface area (Å²) in [6, 6.07) is 18.2. The molecule has 2 N–H and O–H groups in total. The predicted octanol–water partition coefficient (Wildman–Crippen LogP) is 4.38. The van der Waals surface area contributed by atoms with Crippen molar-refractivity contribution >= 4 is 23.3 Å². The number of halogens is 1. The predicted molar refractivity (Wildman–Crippen MR) is 142 cm³/mol. The monoisotopic (exact) mass is 529 g/mol. The number of ketones is 1. The van der Waals surface area contributed by atoms with Crippen molar-refractivity contribution in [1.82, 2.24) is 9.78 Å². The molecule has 0 saturated heterocycles. The van der Waals surface area contributed by atoms with Gasteiger partial charge in [0.25, 0.3) is 5.56 Å². The lowest BCUT2D eigenvalue weighted by Crippen LogP contribution is -2.36. The van der Waals surface area contributed by atoms with Crippen LogP contribution in [0.1, 0.15) is 39.2 Å². The van der Waals surface area contributed by atoms with E-state index in [9.17, 15) is 23.6 Å². The number of benzene rings is 3. The number of carbonyl (C=O) groups is 3. The first kappa shape index (κ1) is 26.9. The molecule has 9 nitrogen and oxygen atoms in total. The number of nitrogens with zero attached hydrogens (tertiary/aromatic N) is 2. The Bertz CT molecular complexity index is 1600. The lowest BCUT2D eigenvalue weighted by molar-refractivity contribution is -0.119. The van der Waals surface area contributed by atoms with Crippen molar-refractivity contribution in [2.75, 3.05) is 12.4 Å². The third-order valence-electron chi connectivity index (χ3n) is 6.04. The standard InChI is InChI=1S/C29H24FN3O6/c1-17(34)22-13-10-20(30)15-23(22)24-16-26(35)33(32-28(24)39-2)25(14-18-6-4-3-5-7-18)27(36)31-21-11-8-19(9-12-21)29(37)38/h3-13,15-16,25H,14H2,1-2H3,(H,31,36)(H,37,38). The molecule has 0 aliphatic heterocycles. The van der Waals surface area contributed by atoms with Crippen molar-refractivity contribution in [2.45, 2.75) is 19.4 Å². The Morgan fingerprint density at radius 3 is 2.31 bits per heavy atom. The number of aromatic carboxylic acids is 1. The van der Waals surface area contributed by atoms with Crippen molar-refractivity contribution in [3.05, 3.63) is 112 Å². The molecule has 1 amide bonds. The van der Waals surface area contributed by atoms with Gasteiger partial charge in [-0.3, -0.25) is 14.4 Å². The Balaban J connectivity index is 1.79. The van der Waals surface area contributed by atoms with Crippen LogP contribution in [0.4, 0.5) is 10.1 Å². The lowest BCUT2D eigenvalue weighted by atomic mass is 9.98. The van der Waals surface area contributed by atoms with Gasteiger partial charge in [-0.05, 0) is 55.0 Å². The molecule has 0 aliphatic carbocycles. The summed E-state index contributed by atoms with van der Waals surface area (Å²) >= 11 is 0. The number of rotatable bonds is 9. The number of ether oxygens (including phenoxy) is 1. The maximum Gasteiger partial charge on any atom is 0.335 e. The van der Waals surface area contributed by atoms with Gasteiger partial charge in [0.05, 0.1) is 18.2 Å². The number of carboxylic acids is 1. The summed E-state index contributed by atoms with van der Waals surface area (Å²) in [5, 5.41) is 16.1. The van der Waals surface area contributed by atoms with E-state index in [1.165, 1.54) is 44.4 Å². The minimum Gasteiger partial charge on any atom is -0.480 e. The molecule has 0 bridgehead atoms. The lowest BCUT2D eigenvalue weighted by Gasteiger charge is -2.20. The van der Waals surface area contributed by atoms with Crippen LogP contribution in [0.25, 0.3) is 11.1 Å². The molecular weight excluding hydrogens is 505 g/mol. The highest BCUT2D eigenvalue weighted by Gasteiger charge is 2.26. The molecule has 198 valence electrons. The van der Waals surface area contributed by atoms with Crippen LogP contribution in [0, 0.1) is 5.82 Å². The second-order valence-corrected chi connectivity index (χ2v) is 8.67. The van der Waals surface area contributed by atoms with Crippen LogP contribution in [0.2, 0.25) is 0 Å². The summed E-state index contributed by atoms with van der Waals surface area (Å²) in [5.41, 5.74) is 0.865. The van der Waals surface area contributed by atoms with E-state index < -0.39 is 29.3 Å². The van der Waals surface area contributed by atoms with Crippen LogP contribution in [0.3, 0.4) is 0 Å². The van der Waals surface area contributed by atoms with Gasteiger partial charge in [-0.2, -0.15) is 0 Å². The van der Waals surface area contributed by atoms with Crippen molar-refractivity contribution in [2.24, 2.45) is 0 Å². The number of carboxylic acid groups (broad SMARTS) is 1. The Morgan fingerprint density at radius 2 is 1.69 bits per heavy atom. The Morgan fingerprint density at radius 1 is 1.00 bits per heavy atom. The second-order valence-electron chi connectivity index (χ2n) is 8.67. The quantitative estimate of drug-likeness (QED) is 0.308. The van der Waals surface area contributed by atoms with Crippen LogP contribution < -0.4 is 15.6 Å². The van der Waals surface area contributed by atoms with Gasteiger partial charge in [0.1, 0.15) is 11.9 Å². The van der Waals surface area contributed by atoms with E-state index in [1.807, 2.05) is 6.07 Å². The van der Waals surface area contributed by atoms with Gasteiger partial charge < -0.3 is 15.2 Å². The zero-order chi connectivity index (χ0) is 28.1. The normalized spacial score (nSPS) is 11.5. The van der Waals surface area contributed by atoms with Crippen molar-refractivity contribution in [3.8, 4) is 17.0 Å². The third-order valence-corrected chi connectivity index (χ3v) is 6.04. The van der Waals surface area contributed by atoms with Crippen molar-refractivity contribution in [1.29, 1.82) is 0 Å². The molecule has 0 spiro atoms. The Labute approximate surface area is 222 Å². The van der Waals surface area contributed by atoms with E-state index in [2.05, 4.69) is 10.4 Å². The van der Waals surface area contributed by atoms with Crippen LogP contribution in [-0.2, 0) is 11.2 Å². The molecule has 0 saturated carbocycles. The van der Waals surface area contributed by atoms with Crippen molar-refractivity contribution < 1.29 is 28.6 Å². The van der Waals surface area contributed by atoms with Crippen LogP contribution in [0.5, 0.6) is 5.88 Å². The van der Waals surface area contributed by atoms with Gasteiger partial charge in [0.15, 0.2) is 5.78 Å². The Kier molecular flexibility index (Phi) is 7.95. The van der Waals surface area contributed by atoms with E-state index in [0.717, 1.165) is 28.4 Å². The smallest absolute Gasteiger partial charge is 0.335 e. The number of aromatic nitrogens is 2. The molecule has 0 fully saturated rings. The second kappa shape index (κ2) is 11.5. The summed E-state index contributed by atoms with van der Waals surface area (Å²) < 4.78 is 20.5. The summed E-state index contributed by atoms with van der Waals surface area (Å²) in [5.74, 6) is -2.73. The van der Waals surface area contributed by atoms with Crippen LogP contribution in [0.15, 0.2) is 83.7 Å². The zero-order valence-electron chi connectivity index (χ0n) is 21.1. The topological polar surface area (TPSA) is 128 Å². The van der Waals surface area contributed by atoms with Gasteiger partial charge in [0, 0.05) is 29.3 Å². The van der Waals surface area contributed by atoms with E-state index in [-0.39, 0.29) is 40.3 Å². The van der Waals surface area contributed by atoms with Crippen molar-refractivity contribution in [3.63, 3.8) is 0 Å². The number of nitrogens with one attached hydrogen (secondary N) is 1. The van der Waals surface area contributed by atoms with Gasteiger partial charge in [-0.1, -0.05) is 30.3 Å². The summed E-state index contributed by atoms with van der Waals surface area (Å²) in [6.45, 7) is 1.32. The highest BCUT2D eigenvalue weighted by atomic mass is 19.1. The summed E-state index contributed by atoms with van der Waals surface area (Å²) in [4.78, 5) is 50.2. The van der Waals surface area contributed by atoms with E-state index >= 15 is 0 Å². The first-order chi connectivity index (χ1) is 18.7. The van der Waals surface area contributed by atoms with Gasteiger partial charge >= 0.3 is 5.97 Å². The number of methoxy groups -OCH3 is 1. The molecule has 10 heteroatoms.